The van der Waals surface area contributed by atoms with Gasteiger partial charge in [-0.15, -0.1) is 0 Å². The quantitative estimate of drug-likeness (QED) is 0.491. The van der Waals surface area contributed by atoms with E-state index in [0.717, 1.165) is 31.2 Å². The number of halogens is 1. The third-order valence-corrected chi connectivity index (χ3v) is 6.17. The van der Waals surface area contributed by atoms with Gasteiger partial charge in [0.1, 0.15) is 6.04 Å². The van der Waals surface area contributed by atoms with Gasteiger partial charge in [-0.1, -0.05) is 79.4 Å². The number of nitrogens with zero attached hydrogens (tertiary/aromatic N) is 1. The van der Waals surface area contributed by atoms with Gasteiger partial charge in [0.05, 0.1) is 0 Å². The van der Waals surface area contributed by atoms with E-state index in [1.54, 1.807) is 29.2 Å². The molecule has 3 aromatic rings. The molecule has 164 valence electrons. The van der Waals surface area contributed by atoms with E-state index in [2.05, 4.69) is 5.32 Å². The zero-order chi connectivity index (χ0) is 22.3. The molecule has 0 bridgehead atoms. The Hall–Kier alpha value is -3.11. The minimum absolute atomic E-state index is 0.135. The van der Waals surface area contributed by atoms with Crippen LogP contribution < -0.4 is 10.2 Å². The maximum absolute atomic E-state index is 13.7. The van der Waals surface area contributed by atoms with Crippen LogP contribution in [0.25, 0.3) is 0 Å². The van der Waals surface area contributed by atoms with E-state index in [9.17, 15) is 9.59 Å². The molecule has 1 saturated carbocycles. The molecule has 1 aliphatic carbocycles. The highest BCUT2D eigenvalue weighted by atomic mass is 35.5. The monoisotopic (exact) mass is 446 g/mol. The second-order valence-corrected chi connectivity index (χ2v) is 8.61. The second-order valence-electron chi connectivity index (χ2n) is 8.17. The summed E-state index contributed by atoms with van der Waals surface area (Å²) in [5.41, 5.74) is 1.91. The van der Waals surface area contributed by atoms with Crippen LogP contribution in [0.15, 0.2) is 84.9 Å². The summed E-state index contributed by atoms with van der Waals surface area (Å²) >= 11 is 6.13. The zero-order valence-electron chi connectivity index (χ0n) is 17.9. The predicted octanol–water partition coefficient (Wildman–Crippen LogP) is 6.18. The molecular weight excluding hydrogens is 420 g/mol. The van der Waals surface area contributed by atoms with Gasteiger partial charge in [0, 0.05) is 22.3 Å². The second kappa shape index (κ2) is 10.5. The van der Waals surface area contributed by atoms with Crippen LogP contribution in [0.4, 0.5) is 5.69 Å². The van der Waals surface area contributed by atoms with Gasteiger partial charge in [0.25, 0.3) is 5.91 Å². The maximum Gasteiger partial charge on any atom is 0.259 e. The molecule has 1 unspecified atom stereocenters. The van der Waals surface area contributed by atoms with E-state index in [4.69, 9.17) is 11.6 Å². The Kier molecular flexibility index (Phi) is 7.23. The van der Waals surface area contributed by atoms with E-state index >= 15 is 0 Å². The zero-order valence-corrected chi connectivity index (χ0v) is 18.7. The lowest BCUT2D eigenvalue weighted by Gasteiger charge is -2.33. The lowest BCUT2D eigenvalue weighted by Crippen LogP contribution is -2.47. The van der Waals surface area contributed by atoms with Crippen LogP contribution in [-0.4, -0.2) is 17.9 Å². The fourth-order valence-corrected chi connectivity index (χ4v) is 4.41. The van der Waals surface area contributed by atoms with Crippen molar-refractivity contribution in [3.05, 3.63) is 101 Å². The molecule has 0 heterocycles. The van der Waals surface area contributed by atoms with Crippen molar-refractivity contribution in [3.8, 4) is 0 Å². The van der Waals surface area contributed by atoms with Crippen molar-refractivity contribution in [1.29, 1.82) is 0 Å². The van der Waals surface area contributed by atoms with Crippen molar-refractivity contribution < 1.29 is 9.59 Å². The smallest absolute Gasteiger partial charge is 0.259 e. The fraction of sp³-hybridized carbons (Fsp3) is 0.259. The molecule has 32 heavy (non-hydrogen) atoms. The molecule has 0 radical (unpaired) electrons. The number of rotatable bonds is 6. The number of carbonyl (C=O) groups is 2. The lowest BCUT2D eigenvalue weighted by molar-refractivity contribution is -0.123. The van der Waals surface area contributed by atoms with Gasteiger partial charge in [0.2, 0.25) is 5.91 Å². The van der Waals surface area contributed by atoms with E-state index in [1.807, 2.05) is 60.7 Å². The van der Waals surface area contributed by atoms with Crippen LogP contribution in [0.1, 0.15) is 54.1 Å². The minimum atomic E-state index is -0.815. The Morgan fingerprint density at radius 1 is 0.812 bits per heavy atom. The summed E-state index contributed by atoms with van der Waals surface area (Å²) in [6.45, 7) is 0. The third-order valence-electron chi connectivity index (χ3n) is 5.92. The van der Waals surface area contributed by atoms with Crippen LogP contribution in [0.3, 0.4) is 0 Å². The topological polar surface area (TPSA) is 49.4 Å². The molecule has 0 aromatic heterocycles. The first-order valence-electron chi connectivity index (χ1n) is 11.1. The summed E-state index contributed by atoms with van der Waals surface area (Å²) in [5, 5.41) is 3.81. The normalized spacial score (nSPS) is 15.0. The fourth-order valence-electron chi connectivity index (χ4n) is 4.28. The molecule has 1 aliphatic rings. The molecule has 0 spiro atoms. The van der Waals surface area contributed by atoms with Crippen molar-refractivity contribution in [2.75, 3.05) is 4.90 Å². The van der Waals surface area contributed by atoms with Crippen LogP contribution in [0, 0.1) is 0 Å². The van der Waals surface area contributed by atoms with Crippen molar-refractivity contribution >= 4 is 29.1 Å². The summed E-state index contributed by atoms with van der Waals surface area (Å²) in [7, 11) is 0. The number of nitrogens with one attached hydrogen (secondary N) is 1. The van der Waals surface area contributed by atoms with E-state index < -0.39 is 6.04 Å². The third kappa shape index (κ3) is 5.20. The Labute approximate surface area is 194 Å². The van der Waals surface area contributed by atoms with E-state index in [0.29, 0.717) is 16.3 Å². The van der Waals surface area contributed by atoms with E-state index in [1.165, 1.54) is 6.42 Å². The Bertz CT molecular complexity index is 1030. The average molecular weight is 447 g/mol. The highest BCUT2D eigenvalue weighted by Gasteiger charge is 2.34. The number of amides is 2. The molecule has 1 fully saturated rings. The summed E-state index contributed by atoms with van der Waals surface area (Å²) in [5.74, 6) is -0.400. The first kappa shape index (κ1) is 22.1. The van der Waals surface area contributed by atoms with Gasteiger partial charge >= 0.3 is 0 Å². The van der Waals surface area contributed by atoms with Crippen LogP contribution >= 0.6 is 11.6 Å². The highest BCUT2D eigenvalue weighted by Crippen LogP contribution is 2.31. The number of benzene rings is 3. The number of para-hydroxylation sites is 1. The molecule has 0 saturated heterocycles. The summed E-state index contributed by atoms with van der Waals surface area (Å²) in [6, 6.07) is 24.9. The predicted molar refractivity (Wildman–Crippen MR) is 129 cm³/mol. The van der Waals surface area contributed by atoms with Gasteiger partial charge in [0.15, 0.2) is 0 Å². The molecule has 2 amide bonds. The SMILES string of the molecule is O=C(NC1CCCCC1)C(c1ccc(Cl)cc1)N(C(=O)c1ccccc1)c1ccccc1. The maximum atomic E-state index is 13.7. The van der Waals surface area contributed by atoms with Gasteiger partial charge in [-0.2, -0.15) is 0 Å². The number of anilines is 1. The molecule has 1 atom stereocenters. The van der Waals surface area contributed by atoms with Crippen LogP contribution in [-0.2, 0) is 4.79 Å². The molecule has 1 N–H and O–H groups in total. The number of hydrogen-bond acceptors (Lipinski definition) is 2. The first-order chi connectivity index (χ1) is 15.6. The van der Waals surface area contributed by atoms with Gasteiger partial charge in [-0.05, 0) is 54.8 Å². The Morgan fingerprint density at radius 2 is 1.41 bits per heavy atom. The largest absolute Gasteiger partial charge is 0.351 e. The molecule has 5 heteroatoms. The van der Waals surface area contributed by atoms with E-state index in [-0.39, 0.29) is 17.9 Å². The average Bonchev–Trinajstić information content (AvgIpc) is 2.84. The summed E-state index contributed by atoms with van der Waals surface area (Å²) in [4.78, 5) is 29.0. The summed E-state index contributed by atoms with van der Waals surface area (Å²) < 4.78 is 0. The standard InChI is InChI=1S/C27H27ClN2O2/c28-22-18-16-20(17-19-22)25(26(31)29-23-12-6-2-7-13-23)30(24-14-8-3-9-15-24)27(32)21-10-4-1-5-11-21/h1,3-5,8-11,14-19,23,25H,2,6-7,12-13H2,(H,29,31). The molecule has 3 aromatic carbocycles. The lowest BCUT2D eigenvalue weighted by atomic mass is 9.94. The van der Waals surface area contributed by atoms with Crippen molar-refractivity contribution in [1.82, 2.24) is 5.32 Å². The van der Waals surface area contributed by atoms with Crippen molar-refractivity contribution in [2.24, 2.45) is 0 Å². The molecule has 0 aliphatic heterocycles. The van der Waals surface area contributed by atoms with Gasteiger partial charge < -0.3 is 5.32 Å². The summed E-state index contributed by atoms with van der Waals surface area (Å²) in [6.07, 6.45) is 5.37. The molecular formula is C27H27ClN2O2. The van der Waals surface area contributed by atoms with Crippen LogP contribution in [0.2, 0.25) is 5.02 Å². The van der Waals surface area contributed by atoms with Gasteiger partial charge in [-0.3, -0.25) is 14.5 Å². The van der Waals surface area contributed by atoms with Crippen LogP contribution in [0.5, 0.6) is 0 Å². The van der Waals surface area contributed by atoms with Crippen molar-refractivity contribution in [2.45, 2.75) is 44.2 Å². The number of carbonyl (C=O) groups excluding carboxylic acids is 2. The molecule has 4 nitrogen and oxygen atoms in total. The molecule has 4 rings (SSSR count). The van der Waals surface area contributed by atoms with Gasteiger partial charge in [-0.25, -0.2) is 0 Å². The van der Waals surface area contributed by atoms with Crippen molar-refractivity contribution in [3.63, 3.8) is 0 Å². The number of hydrogen-bond donors (Lipinski definition) is 1. The highest BCUT2D eigenvalue weighted by molar-refractivity contribution is 6.30. The minimum Gasteiger partial charge on any atom is -0.351 e. The Balaban J connectivity index is 1.77. The first-order valence-corrected chi connectivity index (χ1v) is 11.5. The Morgan fingerprint density at radius 3 is 2.03 bits per heavy atom.